The van der Waals surface area contributed by atoms with E-state index in [1.165, 1.54) is 32.1 Å². The van der Waals surface area contributed by atoms with Crippen LogP contribution in [0.1, 0.15) is 56.3 Å². The zero-order chi connectivity index (χ0) is 19.1. The van der Waals surface area contributed by atoms with Crippen LogP contribution in [0.25, 0.3) is 0 Å². The standard InChI is InChI=1S/C21H24Cl2N2O2/c1-21(2)20(27)24(18-13-7-11-6-12(9-13)10-14(18)8-11)25(21)19(26)17-15(22)4-3-5-16(17)23/h3-5,11-14,18H,6-10H2,1-2H3. The van der Waals surface area contributed by atoms with Gasteiger partial charge >= 0.3 is 0 Å². The number of rotatable bonds is 2. The smallest absolute Gasteiger partial charge is 0.270 e. The van der Waals surface area contributed by atoms with Gasteiger partial charge in [0.2, 0.25) is 0 Å². The fourth-order valence-electron chi connectivity index (χ4n) is 6.41. The monoisotopic (exact) mass is 406 g/mol. The molecule has 1 aromatic rings. The first-order valence-corrected chi connectivity index (χ1v) is 10.7. The molecule has 144 valence electrons. The topological polar surface area (TPSA) is 40.6 Å². The van der Waals surface area contributed by atoms with Gasteiger partial charge in [-0.1, -0.05) is 29.3 Å². The van der Waals surface area contributed by atoms with E-state index in [2.05, 4.69) is 0 Å². The van der Waals surface area contributed by atoms with E-state index in [0.717, 1.165) is 11.8 Å². The zero-order valence-electron chi connectivity index (χ0n) is 15.6. The van der Waals surface area contributed by atoms with Crippen molar-refractivity contribution < 1.29 is 9.59 Å². The van der Waals surface area contributed by atoms with Crippen LogP contribution in [0, 0.1) is 23.7 Å². The van der Waals surface area contributed by atoms with Gasteiger partial charge in [-0.15, -0.1) is 0 Å². The summed E-state index contributed by atoms with van der Waals surface area (Å²) in [7, 11) is 0. The van der Waals surface area contributed by atoms with Crippen molar-refractivity contribution in [2.75, 3.05) is 0 Å². The molecule has 0 aromatic heterocycles. The van der Waals surface area contributed by atoms with Gasteiger partial charge in [0.25, 0.3) is 11.8 Å². The lowest BCUT2D eigenvalue weighted by Crippen LogP contribution is -2.80. The van der Waals surface area contributed by atoms with Crippen molar-refractivity contribution in [3.05, 3.63) is 33.8 Å². The minimum atomic E-state index is -0.867. The number of hydrogen-bond acceptors (Lipinski definition) is 2. The van der Waals surface area contributed by atoms with E-state index in [1.807, 2.05) is 13.8 Å². The molecule has 4 aliphatic carbocycles. The summed E-state index contributed by atoms with van der Waals surface area (Å²) in [5, 5.41) is 4.06. The lowest BCUT2D eigenvalue weighted by Gasteiger charge is -2.65. The lowest BCUT2D eigenvalue weighted by molar-refractivity contribution is -0.230. The number of amides is 2. The van der Waals surface area contributed by atoms with E-state index in [1.54, 1.807) is 28.2 Å². The molecule has 1 aromatic carbocycles. The molecule has 5 aliphatic rings. The van der Waals surface area contributed by atoms with Crippen molar-refractivity contribution in [3.63, 3.8) is 0 Å². The Balaban J connectivity index is 1.51. The van der Waals surface area contributed by atoms with E-state index in [4.69, 9.17) is 23.2 Å². The van der Waals surface area contributed by atoms with E-state index < -0.39 is 5.54 Å². The van der Waals surface area contributed by atoms with Gasteiger partial charge in [0.05, 0.1) is 21.7 Å². The van der Waals surface area contributed by atoms with Crippen molar-refractivity contribution in [1.82, 2.24) is 10.0 Å². The maximum atomic E-state index is 13.4. The summed E-state index contributed by atoms with van der Waals surface area (Å²) in [5.74, 6) is 2.42. The molecule has 0 unspecified atom stereocenters. The quantitative estimate of drug-likeness (QED) is 0.707. The molecule has 1 heterocycles. The summed E-state index contributed by atoms with van der Waals surface area (Å²) in [6.07, 6.45) is 6.12. The molecule has 4 bridgehead atoms. The van der Waals surface area contributed by atoms with Crippen LogP contribution in [0.5, 0.6) is 0 Å². The number of hydrogen-bond donors (Lipinski definition) is 0. The number of benzene rings is 1. The number of hydrazine groups is 1. The highest BCUT2D eigenvalue weighted by Gasteiger charge is 2.62. The van der Waals surface area contributed by atoms with Crippen LogP contribution in [0.4, 0.5) is 0 Å². The predicted octanol–water partition coefficient (Wildman–Crippen LogP) is 4.80. The Labute approximate surface area is 169 Å². The van der Waals surface area contributed by atoms with E-state index in [9.17, 15) is 9.59 Å². The van der Waals surface area contributed by atoms with Crippen molar-refractivity contribution in [1.29, 1.82) is 0 Å². The average Bonchev–Trinajstić information content (AvgIpc) is 2.59. The van der Waals surface area contributed by atoms with Crippen molar-refractivity contribution in [3.8, 4) is 0 Å². The Hall–Kier alpha value is -1.26. The second-order valence-electron chi connectivity index (χ2n) is 9.34. The first-order valence-electron chi connectivity index (χ1n) is 9.91. The van der Waals surface area contributed by atoms with Crippen molar-refractivity contribution >= 4 is 35.0 Å². The Morgan fingerprint density at radius 2 is 1.52 bits per heavy atom. The third-order valence-electron chi connectivity index (χ3n) is 7.30. The number of nitrogens with zero attached hydrogens (tertiary/aromatic N) is 2. The predicted molar refractivity (Wildman–Crippen MR) is 104 cm³/mol. The number of carbonyl (C=O) groups excluding carboxylic acids is 2. The molecule has 0 spiro atoms. The summed E-state index contributed by atoms with van der Waals surface area (Å²) < 4.78 is 0. The van der Waals surface area contributed by atoms with Crippen LogP contribution in [0.15, 0.2) is 18.2 Å². The molecular weight excluding hydrogens is 383 g/mol. The molecule has 0 N–H and O–H groups in total. The Morgan fingerprint density at radius 3 is 2.04 bits per heavy atom. The number of carbonyl (C=O) groups is 2. The first kappa shape index (κ1) is 17.8. The molecule has 0 atom stereocenters. The van der Waals surface area contributed by atoms with Gasteiger partial charge in [-0.05, 0) is 81.8 Å². The molecule has 1 saturated heterocycles. The van der Waals surface area contributed by atoms with E-state index in [0.29, 0.717) is 21.9 Å². The summed E-state index contributed by atoms with van der Waals surface area (Å²) in [6.45, 7) is 3.62. The van der Waals surface area contributed by atoms with E-state index in [-0.39, 0.29) is 23.4 Å². The third-order valence-corrected chi connectivity index (χ3v) is 7.93. The lowest BCUT2D eigenvalue weighted by atomic mass is 9.53. The highest BCUT2D eigenvalue weighted by atomic mass is 35.5. The molecule has 1 aliphatic heterocycles. The van der Waals surface area contributed by atoms with Gasteiger partial charge in [-0.2, -0.15) is 0 Å². The molecule has 5 fully saturated rings. The second-order valence-corrected chi connectivity index (χ2v) is 10.2. The van der Waals surface area contributed by atoms with Gasteiger partial charge < -0.3 is 0 Å². The Morgan fingerprint density at radius 1 is 1.00 bits per heavy atom. The fraction of sp³-hybridized carbons (Fsp3) is 0.619. The first-order chi connectivity index (χ1) is 12.8. The molecule has 6 rings (SSSR count). The average molecular weight is 407 g/mol. The summed E-state index contributed by atoms with van der Waals surface area (Å²) in [5.41, 5.74) is -0.580. The fourth-order valence-corrected chi connectivity index (χ4v) is 6.97. The molecule has 4 nitrogen and oxygen atoms in total. The molecule has 6 heteroatoms. The highest BCUT2D eigenvalue weighted by Crippen LogP contribution is 2.57. The largest absolute Gasteiger partial charge is 0.276 e. The molecule has 27 heavy (non-hydrogen) atoms. The van der Waals surface area contributed by atoms with Crippen molar-refractivity contribution in [2.45, 2.75) is 57.5 Å². The van der Waals surface area contributed by atoms with E-state index >= 15 is 0 Å². The maximum absolute atomic E-state index is 13.4. The van der Waals surface area contributed by atoms with Crippen LogP contribution in [0.2, 0.25) is 10.0 Å². The second kappa shape index (κ2) is 5.87. The minimum absolute atomic E-state index is 0.0384. The van der Waals surface area contributed by atoms with Gasteiger partial charge in [0.1, 0.15) is 5.54 Å². The normalized spacial score (nSPS) is 36.1. The maximum Gasteiger partial charge on any atom is 0.276 e. The van der Waals surface area contributed by atoms with Gasteiger partial charge in [-0.25, -0.2) is 10.0 Å². The molecule has 2 amide bonds. The van der Waals surface area contributed by atoms with Crippen LogP contribution in [0.3, 0.4) is 0 Å². The van der Waals surface area contributed by atoms with Gasteiger partial charge in [0, 0.05) is 0 Å². The van der Waals surface area contributed by atoms with Crippen LogP contribution in [-0.4, -0.2) is 33.4 Å². The van der Waals surface area contributed by atoms with Crippen LogP contribution >= 0.6 is 23.2 Å². The Bertz CT molecular complexity index is 789. The molecule has 4 saturated carbocycles. The summed E-state index contributed by atoms with van der Waals surface area (Å²) in [4.78, 5) is 26.5. The third kappa shape index (κ3) is 2.42. The Kier molecular flexibility index (Phi) is 3.87. The van der Waals surface area contributed by atoms with Gasteiger partial charge in [-0.3, -0.25) is 9.59 Å². The SMILES string of the molecule is CC1(C)C(=O)N(C2C3CC4CC(C3)CC2C4)N1C(=O)c1c(Cl)cccc1Cl. The highest BCUT2D eigenvalue weighted by molar-refractivity contribution is 6.39. The summed E-state index contributed by atoms with van der Waals surface area (Å²) in [6, 6.07) is 5.21. The summed E-state index contributed by atoms with van der Waals surface area (Å²) >= 11 is 12.6. The number of halogens is 2. The minimum Gasteiger partial charge on any atom is -0.270 e. The molecular formula is C21H24Cl2N2O2. The van der Waals surface area contributed by atoms with Crippen molar-refractivity contribution in [2.24, 2.45) is 23.7 Å². The van der Waals surface area contributed by atoms with Crippen LogP contribution in [-0.2, 0) is 4.79 Å². The molecule has 0 radical (unpaired) electrons. The van der Waals surface area contributed by atoms with Gasteiger partial charge in [0.15, 0.2) is 0 Å². The van der Waals surface area contributed by atoms with Crippen LogP contribution < -0.4 is 0 Å². The zero-order valence-corrected chi connectivity index (χ0v) is 17.1.